The minimum Gasteiger partial charge on any atom is -0.479 e. The molecule has 0 rings (SSSR count). The molecule has 0 radical (unpaired) electrons. The molecule has 0 aliphatic carbocycles. The van der Waals surface area contributed by atoms with E-state index in [4.69, 9.17) is 14.6 Å². The molecular weight excluding hydrogens is 172 g/mol. The van der Waals surface area contributed by atoms with Gasteiger partial charge in [-0.05, 0) is 26.7 Å². The number of ether oxygens (including phenoxy) is 2. The smallest absolute Gasteiger partial charge is 0.332 e. The van der Waals surface area contributed by atoms with Gasteiger partial charge in [0.2, 0.25) is 0 Å². The maximum Gasteiger partial charge on any atom is 0.332 e. The minimum absolute atomic E-state index is 0.285. The van der Waals surface area contributed by atoms with Crippen LogP contribution in [0.1, 0.15) is 26.7 Å². The normalized spacial score (nSPS) is 14.2. The van der Waals surface area contributed by atoms with E-state index in [-0.39, 0.29) is 5.60 Å². The van der Waals surface area contributed by atoms with Crippen LogP contribution in [0.4, 0.5) is 0 Å². The van der Waals surface area contributed by atoms with Crippen LogP contribution in [-0.4, -0.2) is 37.0 Å². The van der Waals surface area contributed by atoms with Gasteiger partial charge >= 0.3 is 5.97 Å². The monoisotopic (exact) mass is 190 g/mol. The van der Waals surface area contributed by atoms with Crippen LogP contribution >= 0.6 is 0 Å². The number of methoxy groups -OCH3 is 2. The first-order chi connectivity index (χ1) is 5.93. The maximum absolute atomic E-state index is 10.6. The van der Waals surface area contributed by atoms with Crippen molar-refractivity contribution in [1.82, 2.24) is 0 Å². The molecule has 0 aromatic heterocycles. The number of carbonyl (C=O) groups is 1. The summed E-state index contributed by atoms with van der Waals surface area (Å²) in [5.41, 5.74) is -0.285. The molecule has 0 saturated carbocycles. The lowest BCUT2D eigenvalue weighted by molar-refractivity contribution is -0.149. The van der Waals surface area contributed by atoms with Gasteiger partial charge in [0, 0.05) is 14.2 Å². The molecule has 13 heavy (non-hydrogen) atoms. The van der Waals surface area contributed by atoms with E-state index in [1.165, 1.54) is 7.11 Å². The van der Waals surface area contributed by atoms with Crippen molar-refractivity contribution in [2.75, 3.05) is 14.2 Å². The van der Waals surface area contributed by atoms with Gasteiger partial charge in [-0.2, -0.15) is 0 Å². The first kappa shape index (κ1) is 12.4. The van der Waals surface area contributed by atoms with Gasteiger partial charge in [-0.3, -0.25) is 0 Å². The zero-order valence-corrected chi connectivity index (χ0v) is 8.66. The van der Waals surface area contributed by atoms with E-state index in [1.807, 2.05) is 13.8 Å². The molecule has 0 amide bonds. The van der Waals surface area contributed by atoms with Gasteiger partial charge in [0.05, 0.1) is 5.60 Å². The molecule has 0 fully saturated rings. The van der Waals surface area contributed by atoms with Crippen LogP contribution in [0.2, 0.25) is 0 Å². The molecule has 0 aliphatic rings. The van der Waals surface area contributed by atoms with Crippen LogP contribution in [0.15, 0.2) is 0 Å². The summed E-state index contributed by atoms with van der Waals surface area (Å²) >= 11 is 0. The summed E-state index contributed by atoms with van der Waals surface area (Å²) in [7, 11) is 3.02. The second-order valence-corrected chi connectivity index (χ2v) is 3.57. The summed E-state index contributed by atoms with van der Waals surface area (Å²) in [6.07, 6.45) is 0.399. The second kappa shape index (κ2) is 5.19. The molecular formula is C9H18O4. The number of rotatable bonds is 6. The molecule has 0 aromatic carbocycles. The average Bonchev–Trinajstić information content (AvgIpc) is 2.05. The summed E-state index contributed by atoms with van der Waals surface area (Å²) in [6.45, 7) is 3.84. The third-order valence-electron chi connectivity index (χ3n) is 2.12. The lowest BCUT2D eigenvalue weighted by Crippen LogP contribution is -2.28. The van der Waals surface area contributed by atoms with Crippen molar-refractivity contribution in [3.8, 4) is 0 Å². The molecule has 0 saturated heterocycles. The van der Waals surface area contributed by atoms with Gasteiger partial charge in [0.1, 0.15) is 0 Å². The molecule has 4 heteroatoms. The Labute approximate surface area is 78.8 Å². The molecule has 1 atom stereocenters. The molecule has 0 aliphatic heterocycles. The Balaban J connectivity index is 3.92. The van der Waals surface area contributed by atoms with Crippen LogP contribution < -0.4 is 0 Å². The Morgan fingerprint density at radius 1 is 1.46 bits per heavy atom. The number of carboxylic acids is 1. The fraction of sp³-hybridized carbons (Fsp3) is 0.889. The van der Waals surface area contributed by atoms with E-state index in [0.29, 0.717) is 12.8 Å². The zero-order valence-electron chi connectivity index (χ0n) is 8.66. The Kier molecular flexibility index (Phi) is 4.95. The largest absolute Gasteiger partial charge is 0.479 e. The highest BCUT2D eigenvalue weighted by molar-refractivity contribution is 5.72. The van der Waals surface area contributed by atoms with Gasteiger partial charge in [0.15, 0.2) is 6.10 Å². The van der Waals surface area contributed by atoms with Gasteiger partial charge in [-0.25, -0.2) is 4.79 Å². The summed E-state index contributed by atoms with van der Waals surface area (Å²) in [5.74, 6) is -0.922. The SMILES string of the molecule is COC(CCC(C)(C)OC)C(=O)O. The molecule has 4 nitrogen and oxygen atoms in total. The molecule has 1 unspecified atom stereocenters. The lowest BCUT2D eigenvalue weighted by Gasteiger charge is -2.23. The highest BCUT2D eigenvalue weighted by Crippen LogP contribution is 2.17. The van der Waals surface area contributed by atoms with Gasteiger partial charge in [-0.1, -0.05) is 0 Å². The predicted octanol–water partition coefficient (Wildman–Crippen LogP) is 1.29. The quantitative estimate of drug-likeness (QED) is 0.685. The predicted molar refractivity (Wildman–Crippen MR) is 48.8 cm³/mol. The summed E-state index contributed by atoms with van der Waals surface area (Å²) < 4.78 is 9.96. The van der Waals surface area contributed by atoms with Gasteiger partial charge < -0.3 is 14.6 Å². The zero-order chi connectivity index (χ0) is 10.5. The number of hydrogen-bond donors (Lipinski definition) is 1. The molecule has 0 spiro atoms. The van der Waals surface area contributed by atoms with Gasteiger partial charge in [-0.15, -0.1) is 0 Å². The Hall–Kier alpha value is -0.610. The third-order valence-corrected chi connectivity index (χ3v) is 2.12. The fourth-order valence-electron chi connectivity index (χ4n) is 0.923. The summed E-state index contributed by atoms with van der Waals surface area (Å²) in [4.78, 5) is 10.6. The highest BCUT2D eigenvalue weighted by Gasteiger charge is 2.22. The minimum atomic E-state index is -0.922. The van der Waals surface area contributed by atoms with E-state index in [1.54, 1.807) is 7.11 Å². The van der Waals surface area contributed by atoms with Crippen molar-refractivity contribution in [2.24, 2.45) is 0 Å². The molecule has 78 valence electrons. The van der Waals surface area contributed by atoms with Gasteiger partial charge in [0.25, 0.3) is 0 Å². The fourth-order valence-corrected chi connectivity index (χ4v) is 0.923. The first-order valence-corrected chi connectivity index (χ1v) is 4.23. The Bertz CT molecular complexity index is 165. The molecule has 0 aromatic rings. The molecule has 0 bridgehead atoms. The van der Waals surface area contributed by atoms with Crippen LogP contribution in [-0.2, 0) is 14.3 Å². The van der Waals surface area contributed by atoms with Crippen molar-refractivity contribution in [3.63, 3.8) is 0 Å². The third kappa shape index (κ3) is 4.85. The lowest BCUT2D eigenvalue weighted by atomic mass is 10.00. The van der Waals surface area contributed by atoms with Crippen molar-refractivity contribution in [1.29, 1.82) is 0 Å². The first-order valence-electron chi connectivity index (χ1n) is 4.23. The summed E-state index contributed by atoms with van der Waals surface area (Å²) in [5, 5.41) is 8.68. The van der Waals surface area contributed by atoms with E-state index in [2.05, 4.69) is 0 Å². The van der Waals surface area contributed by atoms with Crippen LogP contribution in [0.3, 0.4) is 0 Å². The van der Waals surface area contributed by atoms with Crippen molar-refractivity contribution >= 4 is 5.97 Å². The van der Waals surface area contributed by atoms with E-state index >= 15 is 0 Å². The Morgan fingerprint density at radius 3 is 2.31 bits per heavy atom. The Morgan fingerprint density at radius 2 is 2.00 bits per heavy atom. The maximum atomic E-state index is 10.6. The number of aliphatic carboxylic acids is 1. The second-order valence-electron chi connectivity index (χ2n) is 3.57. The van der Waals surface area contributed by atoms with E-state index < -0.39 is 12.1 Å². The molecule has 1 N–H and O–H groups in total. The van der Waals surface area contributed by atoms with E-state index in [9.17, 15) is 4.79 Å². The van der Waals surface area contributed by atoms with Crippen molar-refractivity contribution in [2.45, 2.75) is 38.4 Å². The summed E-state index contributed by atoms with van der Waals surface area (Å²) in [6, 6.07) is 0. The van der Waals surface area contributed by atoms with E-state index in [0.717, 1.165) is 0 Å². The van der Waals surface area contributed by atoms with Crippen LogP contribution in [0.25, 0.3) is 0 Å². The molecule has 0 heterocycles. The average molecular weight is 190 g/mol. The van der Waals surface area contributed by atoms with Crippen LogP contribution in [0, 0.1) is 0 Å². The number of hydrogen-bond acceptors (Lipinski definition) is 3. The van der Waals surface area contributed by atoms with Crippen molar-refractivity contribution < 1.29 is 19.4 Å². The topological polar surface area (TPSA) is 55.8 Å². The van der Waals surface area contributed by atoms with Crippen molar-refractivity contribution in [3.05, 3.63) is 0 Å². The number of carboxylic acid groups (broad SMARTS) is 1. The standard InChI is InChI=1S/C9H18O4/c1-9(2,13-4)6-5-7(12-3)8(10)11/h7H,5-6H2,1-4H3,(H,10,11). The van der Waals surface area contributed by atoms with Crippen LogP contribution in [0.5, 0.6) is 0 Å². The highest BCUT2D eigenvalue weighted by atomic mass is 16.5.